The van der Waals surface area contributed by atoms with Crippen molar-refractivity contribution < 1.29 is 4.79 Å². The van der Waals surface area contributed by atoms with Crippen LogP contribution in [0.1, 0.15) is 58.8 Å². The Labute approximate surface area is 100 Å². The van der Waals surface area contributed by atoms with Crippen LogP contribution in [0.5, 0.6) is 0 Å². The van der Waals surface area contributed by atoms with E-state index in [-0.39, 0.29) is 5.91 Å². The maximum Gasteiger partial charge on any atom is 0.221 e. The van der Waals surface area contributed by atoms with Crippen LogP contribution < -0.4 is 10.6 Å². The van der Waals surface area contributed by atoms with Gasteiger partial charge >= 0.3 is 0 Å². The van der Waals surface area contributed by atoms with Crippen LogP contribution in [0.15, 0.2) is 0 Å². The zero-order chi connectivity index (χ0) is 12.1. The van der Waals surface area contributed by atoms with Crippen LogP contribution in [0.2, 0.25) is 0 Å². The van der Waals surface area contributed by atoms with E-state index in [0.29, 0.717) is 6.42 Å². The molecule has 0 aliphatic heterocycles. The Balaban J connectivity index is 3.05. The second-order valence-corrected chi connectivity index (χ2v) is 4.26. The molecule has 0 atom stereocenters. The Hall–Kier alpha value is -0.570. The first-order chi connectivity index (χ1) is 7.81. The Morgan fingerprint density at radius 3 is 2.31 bits per heavy atom. The molecule has 3 heteroatoms. The number of unbranched alkanes of at least 4 members (excludes halogenated alkanes) is 4. The van der Waals surface area contributed by atoms with Crippen molar-refractivity contribution in [3.8, 4) is 0 Å². The van der Waals surface area contributed by atoms with Gasteiger partial charge in [-0.2, -0.15) is 0 Å². The summed E-state index contributed by atoms with van der Waals surface area (Å²) >= 11 is 0. The highest BCUT2D eigenvalue weighted by Crippen LogP contribution is 2.00. The first-order valence-electron chi connectivity index (χ1n) is 6.78. The molecule has 0 spiro atoms. The number of carbonyl (C=O) groups excluding carboxylic acids is 1. The molecule has 0 bridgehead atoms. The fourth-order valence-corrected chi connectivity index (χ4v) is 1.53. The quantitative estimate of drug-likeness (QED) is 0.533. The summed E-state index contributed by atoms with van der Waals surface area (Å²) in [6.07, 6.45) is 8.14. The lowest BCUT2D eigenvalue weighted by atomic mass is 10.1. The molecular weight excluding hydrogens is 200 g/mol. The average molecular weight is 228 g/mol. The van der Waals surface area contributed by atoms with Crippen LogP contribution in [0, 0.1) is 0 Å². The first kappa shape index (κ1) is 15.4. The lowest BCUT2D eigenvalue weighted by molar-refractivity contribution is -0.120. The van der Waals surface area contributed by atoms with Crippen LogP contribution >= 0.6 is 0 Å². The van der Waals surface area contributed by atoms with E-state index in [1.807, 2.05) is 0 Å². The standard InChI is InChI=1S/C13H28N2O/c1-3-5-6-7-8-11-14-12-9-13(16)15-10-4-2/h14H,3-12H2,1-2H3,(H,15,16). The molecule has 0 rings (SSSR count). The Morgan fingerprint density at radius 1 is 0.875 bits per heavy atom. The third-order valence-corrected chi connectivity index (χ3v) is 2.56. The van der Waals surface area contributed by atoms with Gasteiger partial charge in [0.25, 0.3) is 0 Å². The van der Waals surface area contributed by atoms with E-state index in [9.17, 15) is 4.79 Å². The normalized spacial score (nSPS) is 10.4. The molecule has 0 aliphatic rings. The van der Waals surface area contributed by atoms with E-state index >= 15 is 0 Å². The van der Waals surface area contributed by atoms with Crippen molar-refractivity contribution in [2.24, 2.45) is 0 Å². The van der Waals surface area contributed by atoms with Gasteiger partial charge in [0.1, 0.15) is 0 Å². The fraction of sp³-hybridized carbons (Fsp3) is 0.923. The maximum absolute atomic E-state index is 11.2. The van der Waals surface area contributed by atoms with E-state index in [2.05, 4.69) is 24.5 Å². The van der Waals surface area contributed by atoms with Gasteiger partial charge < -0.3 is 10.6 Å². The van der Waals surface area contributed by atoms with Gasteiger partial charge in [-0.1, -0.05) is 39.5 Å². The molecular formula is C13H28N2O. The van der Waals surface area contributed by atoms with Crippen molar-refractivity contribution in [3.05, 3.63) is 0 Å². The fourth-order valence-electron chi connectivity index (χ4n) is 1.53. The highest BCUT2D eigenvalue weighted by atomic mass is 16.1. The summed E-state index contributed by atoms with van der Waals surface area (Å²) in [5, 5.41) is 6.18. The number of nitrogens with one attached hydrogen (secondary N) is 2. The van der Waals surface area contributed by atoms with E-state index < -0.39 is 0 Å². The maximum atomic E-state index is 11.2. The summed E-state index contributed by atoms with van der Waals surface area (Å²) in [5.41, 5.74) is 0. The Bertz CT molecular complexity index is 160. The zero-order valence-electron chi connectivity index (χ0n) is 11.0. The van der Waals surface area contributed by atoms with E-state index in [0.717, 1.165) is 26.1 Å². The van der Waals surface area contributed by atoms with Gasteiger partial charge in [0.15, 0.2) is 0 Å². The molecule has 0 radical (unpaired) electrons. The van der Waals surface area contributed by atoms with Crippen LogP contribution in [0.25, 0.3) is 0 Å². The van der Waals surface area contributed by atoms with Crippen LogP contribution in [0.3, 0.4) is 0 Å². The van der Waals surface area contributed by atoms with E-state index in [1.165, 1.54) is 32.1 Å². The van der Waals surface area contributed by atoms with Crippen molar-refractivity contribution in [1.29, 1.82) is 0 Å². The van der Waals surface area contributed by atoms with E-state index in [4.69, 9.17) is 0 Å². The average Bonchev–Trinajstić information content (AvgIpc) is 2.30. The molecule has 0 aromatic rings. The van der Waals surface area contributed by atoms with Gasteiger partial charge in [-0.15, -0.1) is 0 Å². The highest BCUT2D eigenvalue weighted by Gasteiger charge is 1.98. The van der Waals surface area contributed by atoms with Crippen molar-refractivity contribution in [2.45, 2.75) is 58.8 Å². The molecule has 3 nitrogen and oxygen atoms in total. The SMILES string of the molecule is CCCCCCCNCCC(=O)NCCC. The minimum atomic E-state index is 0.167. The molecule has 1 amide bonds. The second-order valence-electron chi connectivity index (χ2n) is 4.26. The summed E-state index contributed by atoms with van der Waals surface area (Å²) < 4.78 is 0. The number of hydrogen-bond acceptors (Lipinski definition) is 2. The molecule has 0 saturated carbocycles. The van der Waals surface area contributed by atoms with Crippen LogP contribution in [-0.2, 0) is 4.79 Å². The summed E-state index contributed by atoms with van der Waals surface area (Å²) in [5.74, 6) is 0.167. The lowest BCUT2D eigenvalue weighted by Crippen LogP contribution is -2.28. The van der Waals surface area contributed by atoms with Gasteiger partial charge in [-0.05, 0) is 19.4 Å². The third-order valence-electron chi connectivity index (χ3n) is 2.56. The summed E-state index contributed by atoms with van der Waals surface area (Å²) in [6, 6.07) is 0. The summed E-state index contributed by atoms with van der Waals surface area (Å²) in [7, 11) is 0. The molecule has 0 aromatic heterocycles. The number of rotatable bonds is 11. The predicted octanol–water partition coefficient (Wildman–Crippen LogP) is 2.46. The minimum Gasteiger partial charge on any atom is -0.356 e. The van der Waals surface area contributed by atoms with E-state index in [1.54, 1.807) is 0 Å². The molecule has 0 aromatic carbocycles. The van der Waals surface area contributed by atoms with Crippen molar-refractivity contribution in [3.63, 3.8) is 0 Å². The lowest BCUT2D eigenvalue weighted by Gasteiger charge is -2.05. The number of amides is 1. The van der Waals surface area contributed by atoms with Crippen LogP contribution in [-0.4, -0.2) is 25.5 Å². The zero-order valence-corrected chi connectivity index (χ0v) is 11.0. The van der Waals surface area contributed by atoms with Crippen molar-refractivity contribution in [2.75, 3.05) is 19.6 Å². The van der Waals surface area contributed by atoms with Gasteiger partial charge in [0, 0.05) is 19.5 Å². The predicted molar refractivity (Wildman–Crippen MR) is 69.5 cm³/mol. The summed E-state index contributed by atoms with van der Waals surface area (Å²) in [6.45, 7) is 6.95. The Kier molecular flexibility index (Phi) is 12.1. The second kappa shape index (κ2) is 12.5. The van der Waals surface area contributed by atoms with Gasteiger partial charge in [-0.25, -0.2) is 0 Å². The number of carbonyl (C=O) groups is 1. The molecule has 0 aliphatic carbocycles. The Morgan fingerprint density at radius 2 is 1.62 bits per heavy atom. The van der Waals surface area contributed by atoms with Crippen molar-refractivity contribution >= 4 is 5.91 Å². The first-order valence-corrected chi connectivity index (χ1v) is 6.78. The highest BCUT2D eigenvalue weighted by molar-refractivity contribution is 5.75. The molecule has 16 heavy (non-hydrogen) atoms. The number of hydrogen-bond donors (Lipinski definition) is 2. The van der Waals surface area contributed by atoms with Crippen LogP contribution in [0.4, 0.5) is 0 Å². The minimum absolute atomic E-state index is 0.167. The molecule has 0 fully saturated rings. The molecule has 2 N–H and O–H groups in total. The third kappa shape index (κ3) is 11.5. The molecule has 0 heterocycles. The van der Waals surface area contributed by atoms with Gasteiger partial charge in [0.05, 0.1) is 0 Å². The monoisotopic (exact) mass is 228 g/mol. The van der Waals surface area contributed by atoms with Crippen molar-refractivity contribution in [1.82, 2.24) is 10.6 Å². The van der Waals surface area contributed by atoms with Gasteiger partial charge in [-0.3, -0.25) is 4.79 Å². The molecule has 0 saturated heterocycles. The molecule has 96 valence electrons. The largest absolute Gasteiger partial charge is 0.356 e. The van der Waals surface area contributed by atoms with Gasteiger partial charge in [0.2, 0.25) is 5.91 Å². The smallest absolute Gasteiger partial charge is 0.221 e. The summed E-state index contributed by atoms with van der Waals surface area (Å²) in [4.78, 5) is 11.2. The molecule has 0 unspecified atom stereocenters. The topological polar surface area (TPSA) is 41.1 Å².